The van der Waals surface area contributed by atoms with Crippen LogP contribution in [-0.4, -0.2) is 17.0 Å². The first-order valence-electron chi connectivity index (χ1n) is 10.1. The molecular formula is C21H34O2. The molecule has 0 saturated heterocycles. The van der Waals surface area contributed by atoms with E-state index >= 15 is 0 Å². The molecule has 4 rings (SSSR count). The minimum atomic E-state index is -0.0596. The van der Waals surface area contributed by atoms with E-state index in [0.29, 0.717) is 17.1 Å². The van der Waals surface area contributed by atoms with Crippen LogP contribution in [0, 0.1) is 40.4 Å². The van der Waals surface area contributed by atoms with E-state index in [4.69, 9.17) is 0 Å². The highest BCUT2D eigenvalue weighted by Gasteiger charge is 2.59. The number of Topliss-reactive ketones (excluding diaryl/α,β-unsaturated/α-hetero) is 1. The fourth-order valence-corrected chi connectivity index (χ4v) is 7.52. The second-order valence-electron chi connectivity index (χ2n) is 9.88. The normalized spacial score (nSPS) is 56.4. The number of carbonyl (C=O) groups is 1. The van der Waals surface area contributed by atoms with Crippen LogP contribution in [0.15, 0.2) is 0 Å². The van der Waals surface area contributed by atoms with Crippen LogP contribution in [0.4, 0.5) is 0 Å². The first kappa shape index (κ1) is 16.1. The zero-order valence-electron chi connectivity index (χ0n) is 15.2. The van der Waals surface area contributed by atoms with Gasteiger partial charge >= 0.3 is 0 Å². The molecule has 2 nitrogen and oxygen atoms in total. The molecule has 0 unspecified atom stereocenters. The van der Waals surface area contributed by atoms with Gasteiger partial charge in [0.2, 0.25) is 0 Å². The van der Waals surface area contributed by atoms with Gasteiger partial charge < -0.3 is 5.11 Å². The largest absolute Gasteiger partial charge is 0.393 e. The van der Waals surface area contributed by atoms with Crippen LogP contribution in [0.3, 0.4) is 0 Å². The Morgan fingerprint density at radius 2 is 1.74 bits per heavy atom. The van der Waals surface area contributed by atoms with Crippen molar-refractivity contribution in [3.63, 3.8) is 0 Å². The number of aliphatic hydroxyl groups is 1. The van der Waals surface area contributed by atoms with Gasteiger partial charge in [0.25, 0.3) is 0 Å². The second-order valence-corrected chi connectivity index (χ2v) is 9.88. The Hall–Kier alpha value is -0.370. The van der Waals surface area contributed by atoms with Crippen molar-refractivity contribution in [2.75, 3.05) is 0 Å². The van der Waals surface area contributed by atoms with Crippen molar-refractivity contribution < 1.29 is 9.90 Å². The first-order chi connectivity index (χ1) is 10.9. The predicted molar refractivity (Wildman–Crippen MR) is 91.9 cm³/mol. The van der Waals surface area contributed by atoms with Gasteiger partial charge in [-0.15, -0.1) is 0 Å². The van der Waals surface area contributed by atoms with Crippen molar-refractivity contribution in [3.8, 4) is 0 Å². The van der Waals surface area contributed by atoms with Crippen LogP contribution >= 0.6 is 0 Å². The van der Waals surface area contributed by atoms with Gasteiger partial charge in [0, 0.05) is 11.3 Å². The second kappa shape index (κ2) is 5.31. The Morgan fingerprint density at radius 1 is 0.957 bits per heavy atom. The molecule has 4 aliphatic carbocycles. The molecule has 130 valence electrons. The molecule has 0 radical (unpaired) electrons. The fraction of sp³-hybridized carbons (Fsp3) is 0.952. The number of hydrogen-bond donors (Lipinski definition) is 1. The summed E-state index contributed by atoms with van der Waals surface area (Å²) in [6, 6.07) is 0. The SMILES string of the molecule is C[C@@H]1CC[C@H]2[C@@H]3CC[C@@H]4C[C@H](O)CC[C@]4(C)[C@H]3CC[C@]2(C)C1=O. The molecule has 4 fully saturated rings. The Bertz CT molecular complexity index is 500. The molecule has 0 spiro atoms. The smallest absolute Gasteiger partial charge is 0.141 e. The highest BCUT2D eigenvalue weighted by molar-refractivity contribution is 5.87. The molecule has 1 N–H and O–H groups in total. The number of ketones is 1. The minimum absolute atomic E-state index is 0.0315. The third kappa shape index (κ3) is 2.19. The van der Waals surface area contributed by atoms with Crippen molar-refractivity contribution in [1.29, 1.82) is 0 Å². The Balaban J connectivity index is 1.63. The van der Waals surface area contributed by atoms with Crippen LogP contribution < -0.4 is 0 Å². The molecule has 0 aliphatic heterocycles. The van der Waals surface area contributed by atoms with Crippen LogP contribution in [-0.2, 0) is 4.79 Å². The van der Waals surface area contributed by atoms with Crippen LogP contribution in [0.5, 0.6) is 0 Å². The molecule has 0 aromatic carbocycles. The van der Waals surface area contributed by atoms with E-state index in [1.54, 1.807) is 0 Å². The number of rotatable bonds is 0. The van der Waals surface area contributed by atoms with Gasteiger partial charge in [-0.2, -0.15) is 0 Å². The van der Waals surface area contributed by atoms with E-state index in [9.17, 15) is 9.90 Å². The van der Waals surface area contributed by atoms with Gasteiger partial charge in [-0.1, -0.05) is 20.8 Å². The Kier molecular flexibility index (Phi) is 3.72. The maximum Gasteiger partial charge on any atom is 0.141 e. The molecule has 0 aromatic heterocycles. The Labute approximate surface area is 141 Å². The van der Waals surface area contributed by atoms with Crippen molar-refractivity contribution >= 4 is 5.78 Å². The van der Waals surface area contributed by atoms with Crippen molar-refractivity contribution in [2.24, 2.45) is 40.4 Å². The molecular weight excluding hydrogens is 284 g/mol. The van der Waals surface area contributed by atoms with Crippen LogP contribution in [0.2, 0.25) is 0 Å². The molecule has 0 bridgehead atoms. The monoisotopic (exact) mass is 318 g/mol. The zero-order valence-corrected chi connectivity index (χ0v) is 15.2. The van der Waals surface area contributed by atoms with E-state index in [-0.39, 0.29) is 17.4 Å². The highest BCUT2D eigenvalue weighted by Crippen LogP contribution is 2.65. The van der Waals surface area contributed by atoms with Gasteiger partial charge in [0.05, 0.1) is 6.10 Å². The predicted octanol–water partition coefficient (Wildman–Crippen LogP) is 4.60. The first-order valence-corrected chi connectivity index (χ1v) is 10.1. The third-order valence-corrected chi connectivity index (χ3v) is 8.95. The summed E-state index contributed by atoms with van der Waals surface area (Å²) in [4.78, 5) is 12.9. The van der Waals surface area contributed by atoms with Gasteiger partial charge in [-0.05, 0) is 86.9 Å². The lowest BCUT2D eigenvalue weighted by Crippen LogP contribution is -2.57. The fourth-order valence-electron chi connectivity index (χ4n) is 7.52. The van der Waals surface area contributed by atoms with E-state index in [1.807, 2.05) is 0 Å². The number of aliphatic hydroxyl groups excluding tert-OH is 1. The van der Waals surface area contributed by atoms with Crippen LogP contribution in [0.1, 0.15) is 78.6 Å². The van der Waals surface area contributed by atoms with Gasteiger partial charge in [0.1, 0.15) is 5.78 Å². The summed E-state index contributed by atoms with van der Waals surface area (Å²) >= 11 is 0. The summed E-state index contributed by atoms with van der Waals surface area (Å²) in [5.74, 6) is 3.77. The van der Waals surface area contributed by atoms with Crippen molar-refractivity contribution in [2.45, 2.75) is 84.7 Å². The van der Waals surface area contributed by atoms with Crippen LogP contribution in [0.25, 0.3) is 0 Å². The molecule has 2 heteroatoms. The number of hydrogen-bond acceptors (Lipinski definition) is 2. The average Bonchev–Trinajstić information content (AvgIpc) is 2.52. The topological polar surface area (TPSA) is 37.3 Å². The summed E-state index contributed by atoms with van der Waals surface area (Å²) < 4.78 is 0. The summed E-state index contributed by atoms with van der Waals surface area (Å²) in [5, 5.41) is 10.1. The molecule has 0 amide bonds. The van der Waals surface area contributed by atoms with E-state index in [2.05, 4.69) is 20.8 Å². The lowest BCUT2D eigenvalue weighted by atomic mass is 9.42. The molecule has 8 atom stereocenters. The van der Waals surface area contributed by atoms with Gasteiger partial charge in [0.15, 0.2) is 0 Å². The maximum absolute atomic E-state index is 12.9. The molecule has 0 heterocycles. The summed E-state index contributed by atoms with van der Waals surface area (Å²) in [6.45, 7) is 6.97. The standard InChI is InChI=1S/C21H34O2/c1-13-4-7-17-16-6-5-14-12-15(22)8-10-20(14,2)18(16)9-11-21(17,3)19(13)23/h13-18,22H,4-12H2,1-3H3/t13-,14-,15-,16+,17+,18+,20+,21+/m1/s1. The Morgan fingerprint density at radius 3 is 2.52 bits per heavy atom. The summed E-state index contributed by atoms with van der Waals surface area (Å²) in [6.07, 6.45) is 10.5. The minimum Gasteiger partial charge on any atom is -0.393 e. The van der Waals surface area contributed by atoms with Crippen molar-refractivity contribution in [3.05, 3.63) is 0 Å². The summed E-state index contributed by atoms with van der Waals surface area (Å²) in [7, 11) is 0. The molecule has 0 aromatic rings. The average molecular weight is 319 g/mol. The maximum atomic E-state index is 12.9. The molecule has 4 saturated carbocycles. The van der Waals surface area contributed by atoms with E-state index < -0.39 is 0 Å². The zero-order chi connectivity index (χ0) is 16.4. The highest BCUT2D eigenvalue weighted by atomic mass is 16.3. The van der Waals surface area contributed by atoms with E-state index in [1.165, 1.54) is 32.1 Å². The number of fused-ring (bicyclic) bond motifs is 5. The lowest BCUT2D eigenvalue weighted by molar-refractivity contribution is -0.162. The van der Waals surface area contributed by atoms with Gasteiger partial charge in [-0.25, -0.2) is 0 Å². The summed E-state index contributed by atoms with van der Waals surface area (Å²) in [5.41, 5.74) is 0.395. The number of carbonyl (C=O) groups excluding carboxylic acids is 1. The van der Waals surface area contributed by atoms with E-state index in [0.717, 1.165) is 43.4 Å². The molecule has 4 aliphatic rings. The lowest BCUT2D eigenvalue weighted by Gasteiger charge is -2.62. The van der Waals surface area contributed by atoms with Gasteiger partial charge in [-0.3, -0.25) is 4.79 Å². The van der Waals surface area contributed by atoms with Crippen molar-refractivity contribution in [1.82, 2.24) is 0 Å². The third-order valence-electron chi connectivity index (χ3n) is 8.95. The molecule has 23 heavy (non-hydrogen) atoms. The quantitative estimate of drug-likeness (QED) is 0.709.